The Bertz CT molecular complexity index is 74.9. The molecule has 0 aromatic rings. The van der Waals surface area contributed by atoms with Crippen LogP contribution in [0.5, 0.6) is 0 Å². The molecule has 0 aliphatic carbocycles. The van der Waals surface area contributed by atoms with E-state index >= 15 is 0 Å². The number of rotatable bonds is 2. The van der Waals surface area contributed by atoms with Crippen molar-refractivity contribution in [1.82, 2.24) is 0 Å². The minimum absolute atomic E-state index is 0.345. The van der Waals surface area contributed by atoms with E-state index in [-0.39, 0.29) is 0 Å². The van der Waals surface area contributed by atoms with Gasteiger partial charge in [0.15, 0.2) is 0 Å². The Labute approximate surface area is 57.6 Å². The molecule has 0 saturated carbocycles. The van der Waals surface area contributed by atoms with Crippen LogP contribution in [-0.2, 0) is 0 Å². The van der Waals surface area contributed by atoms with E-state index < -0.39 is 5.66 Å². The van der Waals surface area contributed by atoms with Crippen LogP contribution in [0.4, 0.5) is 0 Å². The summed E-state index contributed by atoms with van der Waals surface area (Å²) in [5.41, 5.74) is 11.1. The molecule has 0 radical (unpaired) electrons. The summed E-state index contributed by atoms with van der Waals surface area (Å²) in [4.78, 5) is 0. The van der Waals surface area contributed by atoms with Gasteiger partial charge in [0.25, 0.3) is 0 Å². The average molecular weight is 130 g/mol. The second-order valence-electron chi connectivity index (χ2n) is 3.31. The molecule has 0 saturated heterocycles. The summed E-state index contributed by atoms with van der Waals surface area (Å²) in [5, 5.41) is 0. The van der Waals surface area contributed by atoms with Gasteiger partial charge in [0.2, 0.25) is 0 Å². The van der Waals surface area contributed by atoms with Gasteiger partial charge < -0.3 is 11.5 Å². The van der Waals surface area contributed by atoms with Gasteiger partial charge in [-0.05, 0) is 11.8 Å². The average Bonchev–Trinajstić information content (AvgIpc) is 1.65. The smallest absolute Gasteiger partial charge is 0.0683 e. The first-order valence-electron chi connectivity index (χ1n) is 3.46. The molecule has 0 aromatic heterocycles. The summed E-state index contributed by atoms with van der Waals surface area (Å²) in [6, 6.07) is 0. The van der Waals surface area contributed by atoms with Crippen molar-refractivity contribution in [3.05, 3.63) is 0 Å². The normalized spacial score (nSPS) is 13.3. The molecule has 0 rings (SSSR count). The molecule has 0 aromatic carbocycles. The van der Waals surface area contributed by atoms with E-state index in [4.69, 9.17) is 11.5 Å². The van der Waals surface area contributed by atoms with Crippen LogP contribution in [0.3, 0.4) is 0 Å². The lowest BCUT2D eigenvalue weighted by atomic mass is 9.87. The fourth-order valence-corrected chi connectivity index (χ4v) is 0.667. The van der Waals surface area contributed by atoms with E-state index in [0.717, 1.165) is 0 Å². The van der Waals surface area contributed by atoms with Gasteiger partial charge in [-0.25, -0.2) is 0 Å². The third-order valence-corrected chi connectivity index (χ3v) is 2.00. The highest BCUT2D eigenvalue weighted by molar-refractivity contribution is 4.83. The molecule has 2 nitrogen and oxygen atoms in total. The van der Waals surface area contributed by atoms with Crippen LogP contribution in [0.2, 0.25) is 0 Å². The first-order valence-corrected chi connectivity index (χ1v) is 3.46. The highest BCUT2D eigenvalue weighted by Crippen LogP contribution is 2.16. The minimum Gasteiger partial charge on any atom is -0.313 e. The molecule has 0 atom stereocenters. The third kappa shape index (κ3) is 1.95. The van der Waals surface area contributed by atoms with Gasteiger partial charge >= 0.3 is 0 Å². The highest BCUT2D eigenvalue weighted by Gasteiger charge is 2.26. The molecule has 0 heterocycles. The molecule has 0 spiro atoms. The molecule has 0 aliphatic heterocycles. The van der Waals surface area contributed by atoms with Gasteiger partial charge in [-0.2, -0.15) is 0 Å². The van der Waals surface area contributed by atoms with Crippen LogP contribution in [0, 0.1) is 11.8 Å². The molecule has 0 bridgehead atoms. The summed E-state index contributed by atoms with van der Waals surface area (Å²) in [6.45, 7) is 8.17. The third-order valence-electron chi connectivity index (χ3n) is 2.00. The molecule has 9 heavy (non-hydrogen) atoms. The van der Waals surface area contributed by atoms with E-state index in [9.17, 15) is 0 Å². The first-order chi connectivity index (χ1) is 3.89. The van der Waals surface area contributed by atoms with Crippen molar-refractivity contribution in [1.29, 1.82) is 0 Å². The van der Waals surface area contributed by atoms with E-state index in [1.54, 1.807) is 0 Å². The predicted octanol–water partition coefficient (Wildman–Crippen LogP) is 0.912. The molecular formula is C7H18N2. The molecular weight excluding hydrogens is 112 g/mol. The van der Waals surface area contributed by atoms with Gasteiger partial charge in [-0.3, -0.25) is 0 Å². The maximum Gasteiger partial charge on any atom is 0.0683 e. The van der Waals surface area contributed by atoms with Gasteiger partial charge in [-0.1, -0.05) is 27.7 Å². The molecule has 0 fully saturated rings. The molecule has 0 amide bonds. The van der Waals surface area contributed by atoms with Crippen molar-refractivity contribution in [2.24, 2.45) is 23.3 Å². The quantitative estimate of drug-likeness (QED) is 0.546. The van der Waals surface area contributed by atoms with Gasteiger partial charge in [0, 0.05) is 0 Å². The minimum atomic E-state index is -0.500. The van der Waals surface area contributed by atoms with Crippen molar-refractivity contribution in [2.45, 2.75) is 33.4 Å². The van der Waals surface area contributed by atoms with Crippen LogP contribution in [0.1, 0.15) is 27.7 Å². The fraction of sp³-hybridized carbons (Fsp3) is 1.00. The first kappa shape index (κ1) is 8.92. The Hall–Kier alpha value is -0.0800. The second-order valence-corrected chi connectivity index (χ2v) is 3.31. The van der Waals surface area contributed by atoms with E-state index in [1.807, 2.05) is 27.7 Å². The zero-order chi connectivity index (χ0) is 7.65. The molecule has 56 valence electrons. The van der Waals surface area contributed by atoms with Crippen LogP contribution >= 0.6 is 0 Å². The van der Waals surface area contributed by atoms with Crippen molar-refractivity contribution in [3.8, 4) is 0 Å². The summed E-state index contributed by atoms with van der Waals surface area (Å²) >= 11 is 0. The largest absolute Gasteiger partial charge is 0.313 e. The van der Waals surface area contributed by atoms with Crippen molar-refractivity contribution in [2.75, 3.05) is 0 Å². The van der Waals surface area contributed by atoms with Crippen LogP contribution < -0.4 is 11.5 Å². The maximum atomic E-state index is 5.78. The Morgan fingerprint density at radius 1 is 0.889 bits per heavy atom. The highest BCUT2D eigenvalue weighted by atomic mass is 15.0. The van der Waals surface area contributed by atoms with Crippen LogP contribution in [-0.4, -0.2) is 5.66 Å². The zero-order valence-corrected chi connectivity index (χ0v) is 6.81. The lowest BCUT2D eigenvalue weighted by Gasteiger charge is -2.32. The van der Waals surface area contributed by atoms with Gasteiger partial charge in [0.05, 0.1) is 5.66 Å². The SMILES string of the molecule is CC(C)C(N)(N)C(C)C. The number of nitrogens with two attached hydrogens (primary N) is 2. The van der Waals surface area contributed by atoms with Gasteiger partial charge in [0.1, 0.15) is 0 Å². The predicted molar refractivity (Wildman–Crippen MR) is 40.8 cm³/mol. The standard InChI is InChI=1S/C7H18N2/c1-5(2)7(8,9)6(3)4/h5-6H,8-9H2,1-4H3. The molecule has 4 N–H and O–H groups in total. The van der Waals surface area contributed by atoms with Crippen molar-refractivity contribution >= 4 is 0 Å². The van der Waals surface area contributed by atoms with Gasteiger partial charge in [-0.15, -0.1) is 0 Å². The number of hydrogen-bond donors (Lipinski definition) is 2. The van der Waals surface area contributed by atoms with E-state index in [1.165, 1.54) is 0 Å². The molecule has 0 aliphatic rings. The van der Waals surface area contributed by atoms with E-state index in [2.05, 4.69) is 0 Å². The Balaban J connectivity index is 4.01. The fourth-order valence-electron chi connectivity index (χ4n) is 0.667. The molecule has 2 heteroatoms. The van der Waals surface area contributed by atoms with Crippen LogP contribution in [0.25, 0.3) is 0 Å². The monoisotopic (exact) mass is 130 g/mol. The van der Waals surface area contributed by atoms with E-state index in [0.29, 0.717) is 11.8 Å². The Kier molecular flexibility index (Phi) is 2.65. The zero-order valence-electron chi connectivity index (χ0n) is 6.81. The van der Waals surface area contributed by atoms with Crippen LogP contribution in [0.15, 0.2) is 0 Å². The Morgan fingerprint density at radius 3 is 1.11 bits per heavy atom. The summed E-state index contributed by atoms with van der Waals surface area (Å²) < 4.78 is 0. The summed E-state index contributed by atoms with van der Waals surface area (Å²) in [5.74, 6) is 0.690. The summed E-state index contributed by atoms with van der Waals surface area (Å²) in [6.07, 6.45) is 0. The van der Waals surface area contributed by atoms with Crippen molar-refractivity contribution < 1.29 is 0 Å². The Morgan fingerprint density at radius 2 is 1.11 bits per heavy atom. The molecule has 0 unspecified atom stereocenters. The topological polar surface area (TPSA) is 52.0 Å². The maximum absolute atomic E-state index is 5.78. The lowest BCUT2D eigenvalue weighted by Crippen LogP contribution is -2.57. The number of hydrogen-bond acceptors (Lipinski definition) is 2. The van der Waals surface area contributed by atoms with Crippen molar-refractivity contribution in [3.63, 3.8) is 0 Å². The summed E-state index contributed by atoms with van der Waals surface area (Å²) in [7, 11) is 0. The lowest BCUT2D eigenvalue weighted by molar-refractivity contribution is 0.233. The second kappa shape index (κ2) is 2.67.